The third kappa shape index (κ3) is 4.45. The van der Waals surface area contributed by atoms with E-state index in [1.165, 1.54) is 19.3 Å². The van der Waals surface area contributed by atoms with E-state index >= 15 is 0 Å². The number of benzene rings is 1. The number of hydrogen-bond donors (Lipinski definition) is 1. The number of nitrogens with two attached hydrogens (primary N) is 1. The monoisotopic (exact) mass is 305 g/mol. The van der Waals surface area contributed by atoms with Crippen LogP contribution >= 0.6 is 0 Å². The second-order valence-electron chi connectivity index (χ2n) is 5.67. The Kier molecular flexibility index (Phi) is 6.68. The van der Waals surface area contributed by atoms with E-state index < -0.39 is 0 Å². The lowest BCUT2D eigenvalue weighted by molar-refractivity contribution is 0.0701. The summed E-state index contributed by atoms with van der Waals surface area (Å²) < 4.78 is 5.08. The molecule has 0 aliphatic carbocycles. The van der Waals surface area contributed by atoms with Crippen LogP contribution in [-0.4, -0.2) is 57.2 Å². The second-order valence-corrected chi connectivity index (χ2v) is 5.67. The quantitative estimate of drug-likeness (QED) is 0.833. The predicted molar refractivity (Wildman–Crippen MR) is 89.3 cm³/mol. The largest absolute Gasteiger partial charge is 0.383 e. The summed E-state index contributed by atoms with van der Waals surface area (Å²) >= 11 is 0. The minimum absolute atomic E-state index is 0.0290. The van der Waals surface area contributed by atoms with Crippen LogP contribution in [0.25, 0.3) is 0 Å². The molecule has 0 unspecified atom stereocenters. The van der Waals surface area contributed by atoms with Gasteiger partial charge in [0.1, 0.15) is 0 Å². The first-order chi connectivity index (χ1) is 10.8. The van der Waals surface area contributed by atoms with Crippen LogP contribution in [0.1, 0.15) is 29.6 Å². The minimum Gasteiger partial charge on any atom is -0.383 e. The fourth-order valence-electron chi connectivity index (χ4n) is 2.84. The van der Waals surface area contributed by atoms with Crippen molar-refractivity contribution in [3.63, 3.8) is 0 Å². The molecular weight excluding hydrogens is 278 g/mol. The zero-order chi connectivity index (χ0) is 15.8. The van der Waals surface area contributed by atoms with Gasteiger partial charge in [-0.3, -0.25) is 4.79 Å². The Bertz CT molecular complexity index is 473. The Hall–Kier alpha value is -1.59. The van der Waals surface area contributed by atoms with Crippen LogP contribution in [0.15, 0.2) is 24.3 Å². The van der Waals surface area contributed by atoms with E-state index in [1.54, 1.807) is 12.0 Å². The van der Waals surface area contributed by atoms with Crippen LogP contribution in [-0.2, 0) is 4.74 Å². The standard InChI is InChI=1S/C17H27N3O2/c1-22-13-12-20(11-8-18)17(21)15-6-5-7-16(14-15)19-9-3-2-4-10-19/h5-7,14H,2-4,8-13,18H2,1H3. The van der Waals surface area contributed by atoms with Crippen LogP contribution in [0.5, 0.6) is 0 Å². The maximum absolute atomic E-state index is 12.7. The summed E-state index contributed by atoms with van der Waals surface area (Å²) in [5.74, 6) is 0.0290. The third-order valence-corrected chi connectivity index (χ3v) is 4.07. The van der Waals surface area contributed by atoms with Gasteiger partial charge in [-0.05, 0) is 37.5 Å². The van der Waals surface area contributed by atoms with Crippen molar-refractivity contribution < 1.29 is 9.53 Å². The molecule has 0 radical (unpaired) electrons. The highest BCUT2D eigenvalue weighted by Gasteiger charge is 2.17. The van der Waals surface area contributed by atoms with Crippen molar-refractivity contribution in [1.82, 2.24) is 4.90 Å². The number of hydrogen-bond acceptors (Lipinski definition) is 4. The molecule has 0 bridgehead atoms. The highest BCUT2D eigenvalue weighted by molar-refractivity contribution is 5.95. The Morgan fingerprint density at radius 3 is 2.73 bits per heavy atom. The van der Waals surface area contributed by atoms with Crippen molar-refractivity contribution in [2.75, 3.05) is 51.3 Å². The maximum atomic E-state index is 12.7. The fraction of sp³-hybridized carbons (Fsp3) is 0.588. The molecule has 2 rings (SSSR count). The first-order valence-corrected chi connectivity index (χ1v) is 8.09. The summed E-state index contributed by atoms with van der Waals surface area (Å²) in [6, 6.07) is 7.94. The Morgan fingerprint density at radius 2 is 2.05 bits per heavy atom. The summed E-state index contributed by atoms with van der Waals surface area (Å²) in [5, 5.41) is 0. The number of amides is 1. The molecule has 0 aromatic heterocycles. The SMILES string of the molecule is COCCN(CCN)C(=O)c1cccc(N2CCCCC2)c1. The molecule has 5 heteroatoms. The molecule has 2 N–H and O–H groups in total. The van der Waals surface area contributed by atoms with Crippen molar-refractivity contribution in [3.05, 3.63) is 29.8 Å². The van der Waals surface area contributed by atoms with E-state index in [0.717, 1.165) is 24.3 Å². The lowest BCUT2D eigenvalue weighted by Gasteiger charge is -2.29. The molecule has 1 aromatic rings. The van der Waals surface area contributed by atoms with E-state index in [-0.39, 0.29) is 5.91 Å². The highest BCUT2D eigenvalue weighted by Crippen LogP contribution is 2.21. The fourth-order valence-corrected chi connectivity index (χ4v) is 2.84. The average molecular weight is 305 g/mol. The first-order valence-electron chi connectivity index (χ1n) is 8.09. The first kappa shape index (κ1) is 16.8. The molecule has 1 aliphatic rings. The zero-order valence-corrected chi connectivity index (χ0v) is 13.5. The minimum atomic E-state index is 0.0290. The lowest BCUT2D eigenvalue weighted by atomic mass is 10.1. The Labute approximate surface area is 133 Å². The van der Waals surface area contributed by atoms with Crippen LogP contribution in [0.2, 0.25) is 0 Å². The number of ether oxygens (including phenoxy) is 1. The maximum Gasteiger partial charge on any atom is 0.254 e. The van der Waals surface area contributed by atoms with Crippen LogP contribution in [0, 0.1) is 0 Å². The smallest absolute Gasteiger partial charge is 0.254 e. The molecule has 0 spiro atoms. The molecule has 5 nitrogen and oxygen atoms in total. The van der Waals surface area contributed by atoms with Crippen molar-refractivity contribution in [2.45, 2.75) is 19.3 Å². The number of anilines is 1. The molecular formula is C17H27N3O2. The molecule has 22 heavy (non-hydrogen) atoms. The van der Waals surface area contributed by atoms with Gasteiger partial charge in [0.2, 0.25) is 0 Å². The summed E-state index contributed by atoms with van der Waals surface area (Å²) in [7, 11) is 1.64. The predicted octanol–water partition coefficient (Wildman–Crippen LogP) is 1.72. The summed E-state index contributed by atoms with van der Waals surface area (Å²) in [6.07, 6.45) is 3.76. The lowest BCUT2D eigenvalue weighted by Crippen LogP contribution is -2.37. The average Bonchev–Trinajstić information content (AvgIpc) is 2.59. The third-order valence-electron chi connectivity index (χ3n) is 4.07. The van der Waals surface area contributed by atoms with Gasteiger partial charge >= 0.3 is 0 Å². The zero-order valence-electron chi connectivity index (χ0n) is 13.5. The van der Waals surface area contributed by atoms with E-state index in [0.29, 0.717) is 26.2 Å². The van der Waals surface area contributed by atoms with Crippen molar-refractivity contribution in [3.8, 4) is 0 Å². The highest BCUT2D eigenvalue weighted by atomic mass is 16.5. The van der Waals surface area contributed by atoms with E-state index in [4.69, 9.17) is 10.5 Å². The van der Waals surface area contributed by atoms with Gasteiger partial charge in [0.05, 0.1) is 6.61 Å². The van der Waals surface area contributed by atoms with Gasteiger partial charge < -0.3 is 20.3 Å². The molecule has 1 amide bonds. The van der Waals surface area contributed by atoms with Crippen LogP contribution in [0.4, 0.5) is 5.69 Å². The van der Waals surface area contributed by atoms with Crippen molar-refractivity contribution >= 4 is 11.6 Å². The number of methoxy groups -OCH3 is 1. The van der Waals surface area contributed by atoms with Gasteiger partial charge in [-0.25, -0.2) is 0 Å². The number of rotatable bonds is 7. The number of carbonyl (C=O) groups is 1. The van der Waals surface area contributed by atoms with Crippen LogP contribution in [0.3, 0.4) is 0 Å². The normalized spacial score (nSPS) is 14.9. The molecule has 1 saturated heterocycles. The van der Waals surface area contributed by atoms with E-state index in [1.807, 2.05) is 18.2 Å². The van der Waals surface area contributed by atoms with Crippen LogP contribution < -0.4 is 10.6 Å². The summed E-state index contributed by atoms with van der Waals surface area (Å²) in [6.45, 7) is 4.26. The molecule has 1 heterocycles. The van der Waals surface area contributed by atoms with Crippen molar-refractivity contribution in [2.24, 2.45) is 5.73 Å². The van der Waals surface area contributed by atoms with Gasteiger partial charge in [0, 0.05) is 51.1 Å². The van der Waals surface area contributed by atoms with Gasteiger partial charge in [-0.15, -0.1) is 0 Å². The van der Waals surface area contributed by atoms with Gasteiger partial charge in [0.15, 0.2) is 0 Å². The summed E-state index contributed by atoms with van der Waals surface area (Å²) in [4.78, 5) is 16.8. The van der Waals surface area contributed by atoms with E-state index in [9.17, 15) is 4.79 Å². The molecule has 1 aliphatic heterocycles. The molecule has 0 atom stereocenters. The molecule has 1 aromatic carbocycles. The van der Waals surface area contributed by atoms with E-state index in [2.05, 4.69) is 11.0 Å². The second kappa shape index (κ2) is 8.76. The molecule has 122 valence electrons. The number of piperidine rings is 1. The van der Waals surface area contributed by atoms with Crippen molar-refractivity contribution in [1.29, 1.82) is 0 Å². The topological polar surface area (TPSA) is 58.8 Å². The summed E-state index contributed by atoms with van der Waals surface area (Å²) in [5.41, 5.74) is 7.49. The Morgan fingerprint density at radius 1 is 1.27 bits per heavy atom. The molecule has 0 saturated carbocycles. The molecule has 1 fully saturated rings. The number of carbonyl (C=O) groups excluding carboxylic acids is 1. The Balaban J connectivity index is 2.10. The van der Waals surface area contributed by atoms with Gasteiger partial charge in [-0.1, -0.05) is 6.07 Å². The van der Waals surface area contributed by atoms with Gasteiger partial charge in [-0.2, -0.15) is 0 Å². The van der Waals surface area contributed by atoms with Gasteiger partial charge in [0.25, 0.3) is 5.91 Å². The number of nitrogens with zero attached hydrogens (tertiary/aromatic N) is 2.